The molecule has 0 aliphatic heterocycles. The van der Waals surface area contributed by atoms with Gasteiger partial charge in [-0.15, -0.1) is 0 Å². The van der Waals surface area contributed by atoms with E-state index in [0.717, 1.165) is 10.5 Å². The molecule has 1 atom stereocenters. The molecule has 0 saturated carbocycles. The highest BCUT2D eigenvalue weighted by molar-refractivity contribution is 7.97. The van der Waals surface area contributed by atoms with Crippen molar-refractivity contribution in [2.24, 2.45) is 0 Å². The summed E-state index contributed by atoms with van der Waals surface area (Å²) in [6.07, 6.45) is 0.441. The largest absolute Gasteiger partial charge is 0.480 e. The Morgan fingerprint density at radius 3 is 2.40 bits per heavy atom. The number of carboxylic acids is 1. The van der Waals surface area contributed by atoms with E-state index in [2.05, 4.69) is 4.72 Å². The van der Waals surface area contributed by atoms with Crippen LogP contribution in [0, 0.1) is 0 Å². The summed E-state index contributed by atoms with van der Waals surface area (Å²) < 4.78 is 2.98. The van der Waals surface area contributed by atoms with Gasteiger partial charge in [-0.05, 0) is 48.2 Å². The number of carbonyl (C=O) groups is 1. The molecule has 0 radical (unpaired) electrons. The molecule has 2 rings (SSSR count). The molecule has 2 aromatic carbocycles. The fourth-order valence-corrected chi connectivity index (χ4v) is 2.53. The molecule has 0 aliphatic rings. The number of aliphatic carboxylic acids is 1. The van der Waals surface area contributed by atoms with E-state index >= 15 is 0 Å². The van der Waals surface area contributed by atoms with Crippen LogP contribution in [0.15, 0.2) is 59.5 Å². The number of rotatable bonds is 6. The van der Waals surface area contributed by atoms with E-state index in [1.807, 2.05) is 42.5 Å². The smallest absolute Gasteiger partial charge is 0.321 e. The average molecular weight is 308 g/mol. The molecule has 0 aromatic heterocycles. The lowest BCUT2D eigenvalue weighted by molar-refractivity contribution is -0.138. The zero-order valence-corrected chi connectivity index (χ0v) is 12.2. The first kappa shape index (κ1) is 14.9. The third-order valence-electron chi connectivity index (χ3n) is 2.71. The van der Waals surface area contributed by atoms with E-state index in [9.17, 15) is 9.90 Å². The molecule has 2 N–H and O–H groups in total. The van der Waals surface area contributed by atoms with Gasteiger partial charge in [-0.2, -0.15) is 0 Å². The first-order valence-electron chi connectivity index (χ1n) is 6.10. The van der Waals surface area contributed by atoms with E-state index in [1.165, 1.54) is 11.9 Å². The molecule has 0 aliphatic carbocycles. The summed E-state index contributed by atoms with van der Waals surface area (Å²) in [6, 6.07) is 16.2. The van der Waals surface area contributed by atoms with Gasteiger partial charge in [-0.3, -0.25) is 4.79 Å². The Bertz CT molecular complexity index is 560. The lowest BCUT2D eigenvalue weighted by atomic mass is 10.1. The van der Waals surface area contributed by atoms with Gasteiger partial charge >= 0.3 is 5.97 Å². The maximum Gasteiger partial charge on any atom is 0.321 e. The summed E-state index contributed by atoms with van der Waals surface area (Å²) in [4.78, 5) is 12.2. The van der Waals surface area contributed by atoms with Crippen molar-refractivity contribution in [3.8, 4) is 0 Å². The minimum absolute atomic E-state index is 0.441. The van der Waals surface area contributed by atoms with E-state index in [0.29, 0.717) is 11.4 Å². The Morgan fingerprint density at radius 2 is 1.80 bits per heavy atom. The first-order chi connectivity index (χ1) is 9.65. The zero-order valence-electron chi connectivity index (χ0n) is 10.6. The lowest BCUT2D eigenvalue weighted by Gasteiger charge is -2.13. The summed E-state index contributed by atoms with van der Waals surface area (Å²) in [7, 11) is 0. The second-order valence-corrected chi connectivity index (χ2v) is 5.60. The summed E-state index contributed by atoms with van der Waals surface area (Å²) >= 11 is 7.10. The second-order valence-electron chi connectivity index (χ2n) is 4.25. The highest BCUT2D eigenvalue weighted by Gasteiger charge is 2.17. The average Bonchev–Trinajstić information content (AvgIpc) is 2.46. The summed E-state index contributed by atoms with van der Waals surface area (Å²) in [5.41, 5.74) is 0.990. The highest BCUT2D eigenvalue weighted by Crippen LogP contribution is 2.19. The lowest BCUT2D eigenvalue weighted by Crippen LogP contribution is -2.34. The fourth-order valence-electron chi connectivity index (χ4n) is 1.67. The molecule has 20 heavy (non-hydrogen) atoms. The van der Waals surface area contributed by atoms with Gasteiger partial charge in [0.1, 0.15) is 6.04 Å². The van der Waals surface area contributed by atoms with Crippen molar-refractivity contribution in [3.63, 3.8) is 0 Å². The molecule has 3 nitrogen and oxygen atoms in total. The minimum Gasteiger partial charge on any atom is -0.480 e. The molecule has 5 heteroatoms. The summed E-state index contributed by atoms with van der Waals surface area (Å²) in [5.74, 6) is -0.865. The molecule has 104 valence electrons. The molecular weight excluding hydrogens is 294 g/mol. The monoisotopic (exact) mass is 307 g/mol. The maximum atomic E-state index is 11.3. The standard InChI is InChI=1S/C15H14ClNO2S/c16-12-6-8-13(9-7-12)20-17-14(15(18)19)10-11-4-2-1-3-5-11/h1-9,14,17H,10H2,(H,18,19). The first-order valence-corrected chi connectivity index (χ1v) is 7.29. The van der Waals surface area contributed by atoms with Crippen molar-refractivity contribution in [1.29, 1.82) is 0 Å². The van der Waals surface area contributed by atoms with E-state index in [-0.39, 0.29) is 0 Å². The Hall–Kier alpha value is -1.49. The van der Waals surface area contributed by atoms with Crippen molar-refractivity contribution >= 4 is 29.5 Å². The summed E-state index contributed by atoms with van der Waals surface area (Å²) in [6.45, 7) is 0. The van der Waals surface area contributed by atoms with E-state index in [1.54, 1.807) is 12.1 Å². The van der Waals surface area contributed by atoms with Crippen LogP contribution in [0.5, 0.6) is 0 Å². The minimum atomic E-state index is -0.865. The molecule has 0 fully saturated rings. The van der Waals surface area contributed by atoms with Crippen LogP contribution in [0.2, 0.25) is 5.02 Å². The number of halogens is 1. The second kappa shape index (κ2) is 7.33. The highest BCUT2D eigenvalue weighted by atomic mass is 35.5. The number of hydrogen-bond donors (Lipinski definition) is 2. The van der Waals surface area contributed by atoms with Crippen LogP contribution in [0.4, 0.5) is 0 Å². The van der Waals surface area contributed by atoms with Gasteiger partial charge < -0.3 is 5.11 Å². The van der Waals surface area contributed by atoms with Crippen LogP contribution in [-0.2, 0) is 11.2 Å². The number of hydrogen-bond acceptors (Lipinski definition) is 3. The van der Waals surface area contributed by atoms with Gasteiger partial charge in [0, 0.05) is 9.92 Å². The fraction of sp³-hybridized carbons (Fsp3) is 0.133. The molecular formula is C15H14ClNO2S. The molecule has 0 spiro atoms. The van der Waals surface area contributed by atoms with Crippen LogP contribution in [-0.4, -0.2) is 17.1 Å². The van der Waals surface area contributed by atoms with Crippen LogP contribution in [0.25, 0.3) is 0 Å². The van der Waals surface area contributed by atoms with Crippen LogP contribution in [0.3, 0.4) is 0 Å². The molecule has 1 unspecified atom stereocenters. The van der Waals surface area contributed by atoms with Gasteiger partial charge in [0.2, 0.25) is 0 Å². The third-order valence-corrected chi connectivity index (χ3v) is 3.88. The Labute approximate surface area is 127 Å². The van der Waals surface area contributed by atoms with Crippen molar-refractivity contribution in [2.75, 3.05) is 0 Å². The van der Waals surface area contributed by atoms with E-state index in [4.69, 9.17) is 11.6 Å². The quantitative estimate of drug-likeness (QED) is 0.800. The van der Waals surface area contributed by atoms with Crippen LogP contribution < -0.4 is 4.72 Å². The Balaban J connectivity index is 1.96. The maximum absolute atomic E-state index is 11.3. The van der Waals surface area contributed by atoms with Crippen molar-refractivity contribution in [2.45, 2.75) is 17.4 Å². The van der Waals surface area contributed by atoms with Gasteiger partial charge in [-0.25, -0.2) is 4.72 Å². The van der Waals surface area contributed by atoms with Gasteiger partial charge in [-0.1, -0.05) is 41.9 Å². The third kappa shape index (κ3) is 4.56. The SMILES string of the molecule is O=C(O)C(Cc1ccccc1)NSc1ccc(Cl)cc1. The van der Waals surface area contributed by atoms with Gasteiger partial charge in [0.05, 0.1) is 0 Å². The zero-order chi connectivity index (χ0) is 14.4. The predicted octanol–water partition coefficient (Wildman–Crippen LogP) is 3.63. The van der Waals surface area contributed by atoms with Crippen molar-refractivity contribution in [3.05, 3.63) is 65.2 Å². The normalized spacial score (nSPS) is 12.1. The summed E-state index contributed by atoms with van der Waals surface area (Å²) in [5, 5.41) is 9.92. The molecule has 0 saturated heterocycles. The molecule has 2 aromatic rings. The number of nitrogens with one attached hydrogen (secondary N) is 1. The predicted molar refractivity (Wildman–Crippen MR) is 82.0 cm³/mol. The molecule has 0 heterocycles. The van der Waals surface area contributed by atoms with E-state index < -0.39 is 12.0 Å². The number of benzene rings is 2. The van der Waals surface area contributed by atoms with Gasteiger partial charge in [0.15, 0.2) is 0 Å². The molecule has 0 amide bonds. The van der Waals surface area contributed by atoms with Crippen LogP contribution >= 0.6 is 23.5 Å². The van der Waals surface area contributed by atoms with Crippen molar-refractivity contribution < 1.29 is 9.90 Å². The Kier molecular flexibility index (Phi) is 5.47. The van der Waals surface area contributed by atoms with Crippen LogP contribution in [0.1, 0.15) is 5.56 Å². The molecule has 0 bridgehead atoms. The number of carboxylic acid groups (broad SMARTS) is 1. The topological polar surface area (TPSA) is 49.3 Å². The van der Waals surface area contributed by atoms with Gasteiger partial charge in [0.25, 0.3) is 0 Å². The van der Waals surface area contributed by atoms with Crippen molar-refractivity contribution in [1.82, 2.24) is 4.72 Å². The Morgan fingerprint density at radius 1 is 1.15 bits per heavy atom.